The summed E-state index contributed by atoms with van der Waals surface area (Å²) in [5, 5.41) is 9.00. The highest BCUT2D eigenvalue weighted by molar-refractivity contribution is 5.25. The molecule has 0 amide bonds. The van der Waals surface area contributed by atoms with Crippen LogP contribution in [0.5, 0.6) is 5.75 Å². The largest absolute Gasteiger partial charge is 0.508 e. The molecule has 66 valence electrons. The molecule has 2 heteroatoms. The summed E-state index contributed by atoms with van der Waals surface area (Å²) in [7, 11) is 1.71. The predicted molar refractivity (Wildman–Crippen MR) is 48.3 cm³/mol. The minimum Gasteiger partial charge on any atom is -0.508 e. The molecular weight excluding hydrogens is 152 g/mol. The molecule has 0 radical (unpaired) electrons. The Hall–Kier alpha value is -1.02. The third-order valence-corrected chi connectivity index (χ3v) is 1.75. The molecule has 0 fully saturated rings. The number of hydrogen-bond acceptors (Lipinski definition) is 2. The van der Waals surface area contributed by atoms with Crippen molar-refractivity contribution in [3.8, 4) is 5.75 Å². The Morgan fingerprint density at radius 3 is 2.50 bits per heavy atom. The van der Waals surface area contributed by atoms with Gasteiger partial charge in [-0.25, -0.2) is 0 Å². The van der Waals surface area contributed by atoms with Crippen LogP contribution >= 0.6 is 0 Å². The van der Waals surface area contributed by atoms with Crippen molar-refractivity contribution in [3.05, 3.63) is 29.8 Å². The van der Waals surface area contributed by atoms with E-state index in [9.17, 15) is 0 Å². The van der Waals surface area contributed by atoms with Gasteiger partial charge in [0.1, 0.15) is 5.75 Å². The Bertz CT molecular complexity index is 216. The maximum atomic E-state index is 9.00. The number of ether oxygens (including phenoxy) is 1. The van der Waals surface area contributed by atoms with E-state index < -0.39 is 0 Å². The van der Waals surface area contributed by atoms with Crippen LogP contribution in [0.4, 0.5) is 0 Å². The van der Waals surface area contributed by atoms with Gasteiger partial charge in [0.05, 0.1) is 0 Å². The molecule has 0 saturated heterocycles. The van der Waals surface area contributed by atoms with Crippen molar-refractivity contribution in [1.82, 2.24) is 0 Å². The maximum Gasteiger partial charge on any atom is 0.115 e. The Balaban J connectivity index is 2.37. The van der Waals surface area contributed by atoms with E-state index in [-0.39, 0.29) is 0 Å². The lowest BCUT2D eigenvalue weighted by molar-refractivity contribution is 0.195. The van der Waals surface area contributed by atoms with Crippen molar-refractivity contribution >= 4 is 0 Å². The number of aryl methyl sites for hydroxylation is 1. The fraction of sp³-hybridized carbons (Fsp3) is 0.400. The second-order valence-corrected chi connectivity index (χ2v) is 2.76. The first-order valence-corrected chi connectivity index (χ1v) is 4.10. The molecule has 1 rings (SSSR count). The number of phenolic OH excluding ortho intramolecular Hbond substituents is 1. The summed E-state index contributed by atoms with van der Waals surface area (Å²) in [5.41, 5.74) is 1.24. The van der Waals surface area contributed by atoms with Crippen molar-refractivity contribution in [2.45, 2.75) is 12.8 Å². The molecule has 12 heavy (non-hydrogen) atoms. The molecule has 0 atom stereocenters. The average molecular weight is 166 g/mol. The molecule has 1 N–H and O–H groups in total. The van der Waals surface area contributed by atoms with Gasteiger partial charge in [-0.2, -0.15) is 0 Å². The van der Waals surface area contributed by atoms with Crippen LogP contribution in [0, 0.1) is 0 Å². The number of hydrogen-bond donors (Lipinski definition) is 1. The quantitative estimate of drug-likeness (QED) is 0.693. The van der Waals surface area contributed by atoms with Gasteiger partial charge in [0.15, 0.2) is 0 Å². The maximum absolute atomic E-state index is 9.00. The van der Waals surface area contributed by atoms with Gasteiger partial charge in [-0.3, -0.25) is 0 Å². The lowest BCUT2D eigenvalue weighted by atomic mass is 10.1. The summed E-state index contributed by atoms with van der Waals surface area (Å²) >= 11 is 0. The highest BCUT2D eigenvalue weighted by Crippen LogP contribution is 2.10. The van der Waals surface area contributed by atoms with E-state index in [1.54, 1.807) is 19.2 Å². The third-order valence-electron chi connectivity index (χ3n) is 1.75. The minimum atomic E-state index is 0.325. The van der Waals surface area contributed by atoms with Crippen LogP contribution in [-0.2, 0) is 11.2 Å². The van der Waals surface area contributed by atoms with E-state index in [2.05, 4.69) is 0 Å². The highest BCUT2D eigenvalue weighted by Gasteiger charge is 1.92. The zero-order valence-electron chi connectivity index (χ0n) is 7.29. The molecule has 0 aliphatic rings. The standard InChI is InChI=1S/C10H14O2/c1-12-8-2-3-9-4-6-10(11)7-5-9/h4-7,11H,2-3,8H2,1H3. The number of benzene rings is 1. The molecule has 0 aliphatic carbocycles. The molecule has 0 aromatic heterocycles. The zero-order valence-corrected chi connectivity index (χ0v) is 7.29. The Morgan fingerprint density at radius 1 is 1.25 bits per heavy atom. The summed E-state index contributed by atoms with van der Waals surface area (Å²) < 4.78 is 4.94. The lowest BCUT2D eigenvalue weighted by Crippen LogP contribution is -1.91. The van der Waals surface area contributed by atoms with E-state index >= 15 is 0 Å². The Kier molecular flexibility index (Phi) is 3.61. The smallest absolute Gasteiger partial charge is 0.115 e. The summed E-state index contributed by atoms with van der Waals surface area (Å²) in [4.78, 5) is 0. The first-order valence-electron chi connectivity index (χ1n) is 4.10. The molecule has 0 aliphatic heterocycles. The second-order valence-electron chi connectivity index (χ2n) is 2.76. The Labute approximate surface area is 72.8 Å². The van der Waals surface area contributed by atoms with Crippen LogP contribution < -0.4 is 0 Å². The predicted octanol–water partition coefficient (Wildman–Crippen LogP) is 1.97. The average Bonchev–Trinajstić information content (AvgIpc) is 2.09. The van der Waals surface area contributed by atoms with Crippen LogP contribution in [0.1, 0.15) is 12.0 Å². The molecule has 0 saturated carbocycles. The number of phenols is 1. The third kappa shape index (κ3) is 2.93. The van der Waals surface area contributed by atoms with Crippen LogP contribution in [-0.4, -0.2) is 18.8 Å². The first kappa shape index (κ1) is 9.07. The number of aromatic hydroxyl groups is 1. The van der Waals surface area contributed by atoms with Crippen LogP contribution in [0.25, 0.3) is 0 Å². The van der Waals surface area contributed by atoms with E-state index in [1.165, 1.54) is 5.56 Å². The van der Waals surface area contributed by atoms with Gasteiger partial charge in [-0.15, -0.1) is 0 Å². The molecule has 0 bridgehead atoms. The molecule has 0 unspecified atom stereocenters. The fourth-order valence-electron chi connectivity index (χ4n) is 1.08. The molecule has 2 nitrogen and oxygen atoms in total. The van der Waals surface area contributed by atoms with Gasteiger partial charge in [0.2, 0.25) is 0 Å². The lowest BCUT2D eigenvalue weighted by Gasteiger charge is -2.00. The molecule has 0 spiro atoms. The van der Waals surface area contributed by atoms with Gasteiger partial charge >= 0.3 is 0 Å². The van der Waals surface area contributed by atoms with Gasteiger partial charge in [-0.1, -0.05) is 12.1 Å². The molecule has 1 aromatic rings. The zero-order chi connectivity index (χ0) is 8.81. The second kappa shape index (κ2) is 4.78. The topological polar surface area (TPSA) is 29.5 Å². The molecule has 1 aromatic carbocycles. The van der Waals surface area contributed by atoms with E-state index in [0.717, 1.165) is 19.4 Å². The normalized spacial score (nSPS) is 10.1. The van der Waals surface area contributed by atoms with Gasteiger partial charge in [0.25, 0.3) is 0 Å². The van der Waals surface area contributed by atoms with E-state index in [0.29, 0.717) is 5.75 Å². The van der Waals surface area contributed by atoms with Crippen molar-refractivity contribution < 1.29 is 9.84 Å². The van der Waals surface area contributed by atoms with Crippen LogP contribution in [0.2, 0.25) is 0 Å². The van der Waals surface area contributed by atoms with Crippen molar-refractivity contribution in [2.24, 2.45) is 0 Å². The molecule has 0 heterocycles. The summed E-state index contributed by atoms with van der Waals surface area (Å²) in [6.07, 6.45) is 2.04. The SMILES string of the molecule is COCCCc1ccc(O)cc1. The van der Waals surface area contributed by atoms with Crippen molar-refractivity contribution in [1.29, 1.82) is 0 Å². The summed E-state index contributed by atoms with van der Waals surface area (Å²) in [6.45, 7) is 0.793. The van der Waals surface area contributed by atoms with E-state index in [1.807, 2.05) is 12.1 Å². The van der Waals surface area contributed by atoms with Crippen LogP contribution in [0.3, 0.4) is 0 Å². The van der Waals surface area contributed by atoms with E-state index in [4.69, 9.17) is 9.84 Å². The number of rotatable bonds is 4. The van der Waals surface area contributed by atoms with Gasteiger partial charge < -0.3 is 9.84 Å². The van der Waals surface area contributed by atoms with Gasteiger partial charge in [0, 0.05) is 13.7 Å². The monoisotopic (exact) mass is 166 g/mol. The Morgan fingerprint density at radius 2 is 1.92 bits per heavy atom. The number of methoxy groups -OCH3 is 1. The minimum absolute atomic E-state index is 0.325. The van der Waals surface area contributed by atoms with Gasteiger partial charge in [-0.05, 0) is 30.5 Å². The molecular formula is C10H14O2. The highest BCUT2D eigenvalue weighted by atomic mass is 16.5. The van der Waals surface area contributed by atoms with Crippen molar-refractivity contribution in [2.75, 3.05) is 13.7 Å². The summed E-state index contributed by atoms with van der Waals surface area (Å²) in [5.74, 6) is 0.325. The van der Waals surface area contributed by atoms with Crippen LogP contribution in [0.15, 0.2) is 24.3 Å². The first-order chi connectivity index (χ1) is 5.83. The van der Waals surface area contributed by atoms with Crippen molar-refractivity contribution in [3.63, 3.8) is 0 Å². The fourth-order valence-corrected chi connectivity index (χ4v) is 1.08. The summed E-state index contributed by atoms with van der Waals surface area (Å²) in [6, 6.07) is 7.29.